The Hall–Kier alpha value is -3.12. The molecule has 2 atom stereocenters. The molecule has 1 aliphatic rings. The highest BCUT2D eigenvalue weighted by Gasteiger charge is 2.33. The van der Waals surface area contributed by atoms with Gasteiger partial charge >= 0.3 is 6.09 Å². The molecule has 1 saturated heterocycles. The van der Waals surface area contributed by atoms with Gasteiger partial charge in [0.15, 0.2) is 0 Å². The Morgan fingerprint density at radius 1 is 1.17 bits per heavy atom. The van der Waals surface area contributed by atoms with Crippen LogP contribution in [-0.4, -0.2) is 42.4 Å². The first-order valence-corrected chi connectivity index (χ1v) is 9.96. The summed E-state index contributed by atoms with van der Waals surface area (Å²) in [5, 5.41) is 11.5. The molecular formula is C24H24FNO4. The molecule has 1 aliphatic heterocycles. The average molecular weight is 409 g/mol. The van der Waals surface area contributed by atoms with E-state index in [1.165, 1.54) is 17.0 Å². The number of ether oxygens (including phenoxy) is 2. The number of halogens is 1. The average Bonchev–Trinajstić information content (AvgIpc) is 2.77. The number of hydrogen-bond donors (Lipinski definition) is 1. The van der Waals surface area contributed by atoms with Crippen LogP contribution in [0.15, 0.2) is 60.7 Å². The molecule has 3 aromatic carbocycles. The van der Waals surface area contributed by atoms with Crippen molar-refractivity contribution in [1.29, 1.82) is 0 Å². The zero-order chi connectivity index (χ0) is 21.1. The molecular weight excluding hydrogens is 385 g/mol. The Labute approximate surface area is 174 Å². The number of carbonyl (C=O) groups is 1. The predicted molar refractivity (Wildman–Crippen MR) is 112 cm³/mol. The molecule has 30 heavy (non-hydrogen) atoms. The van der Waals surface area contributed by atoms with Crippen molar-refractivity contribution in [3.8, 4) is 5.75 Å². The van der Waals surface area contributed by atoms with Crippen LogP contribution in [0, 0.1) is 5.82 Å². The van der Waals surface area contributed by atoms with Gasteiger partial charge in [0.1, 0.15) is 11.6 Å². The summed E-state index contributed by atoms with van der Waals surface area (Å²) in [5.74, 6) is 0.489. The molecule has 0 bridgehead atoms. The Morgan fingerprint density at radius 3 is 2.67 bits per heavy atom. The molecule has 0 spiro atoms. The molecule has 1 heterocycles. The third-order valence-corrected chi connectivity index (χ3v) is 5.70. The maximum Gasteiger partial charge on any atom is 0.407 e. The highest BCUT2D eigenvalue weighted by Crippen LogP contribution is 2.32. The highest BCUT2D eigenvalue weighted by molar-refractivity contribution is 5.89. The van der Waals surface area contributed by atoms with Gasteiger partial charge in [-0.25, -0.2) is 9.18 Å². The van der Waals surface area contributed by atoms with Gasteiger partial charge in [0, 0.05) is 17.8 Å². The Morgan fingerprint density at radius 2 is 1.93 bits per heavy atom. The second-order valence-electron chi connectivity index (χ2n) is 7.54. The molecule has 1 fully saturated rings. The van der Waals surface area contributed by atoms with Gasteiger partial charge < -0.3 is 19.5 Å². The van der Waals surface area contributed by atoms with E-state index in [0.717, 1.165) is 27.6 Å². The van der Waals surface area contributed by atoms with Crippen LogP contribution in [0.25, 0.3) is 10.8 Å². The zero-order valence-electron chi connectivity index (χ0n) is 16.8. The summed E-state index contributed by atoms with van der Waals surface area (Å²) < 4.78 is 25.1. The number of carboxylic acid groups (broad SMARTS) is 1. The van der Waals surface area contributed by atoms with Crippen molar-refractivity contribution in [2.24, 2.45) is 0 Å². The van der Waals surface area contributed by atoms with Crippen molar-refractivity contribution in [3.63, 3.8) is 0 Å². The van der Waals surface area contributed by atoms with E-state index >= 15 is 0 Å². The summed E-state index contributed by atoms with van der Waals surface area (Å²) >= 11 is 0. The standard InChI is InChI=1S/C24H24FNO4/c1-29-22-13-16(12-18-4-2-3-5-20(18)22)15-30-23-14-26(24(27)28)11-10-21(23)17-6-8-19(25)9-7-17/h2-9,12-13,21,23H,10-11,14-15H2,1H3,(H,27,28). The van der Waals surface area contributed by atoms with E-state index in [1.54, 1.807) is 19.2 Å². The van der Waals surface area contributed by atoms with Crippen LogP contribution in [0.1, 0.15) is 23.5 Å². The SMILES string of the molecule is COc1cc(COC2CN(C(=O)O)CCC2c2ccc(F)cc2)cc2ccccc12. The highest BCUT2D eigenvalue weighted by atomic mass is 19.1. The van der Waals surface area contributed by atoms with Crippen LogP contribution in [0.2, 0.25) is 0 Å². The predicted octanol–water partition coefficient (Wildman–Crippen LogP) is 5.04. The summed E-state index contributed by atoms with van der Waals surface area (Å²) in [7, 11) is 1.64. The lowest BCUT2D eigenvalue weighted by Crippen LogP contribution is -2.46. The first-order chi connectivity index (χ1) is 14.5. The van der Waals surface area contributed by atoms with Crippen LogP contribution >= 0.6 is 0 Å². The van der Waals surface area contributed by atoms with Gasteiger partial charge in [-0.15, -0.1) is 0 Å². The second-order valence-corrected chi connectivity index (χ2v) is 7.54. The maximum atomic E-state index is 13.4. The fourth-order valence-corrected chi connectivity index (χ4v) is 4.14. The minimum absolute atomic E-state index is 0.00329. The monoisotopic (exact) mass is 409 g/mol. The van der Waals surface area contributed by atoms with Crippen molar-refractivity contribution in [3.05, 3.63) is 77.6 Å². The van der Waals surface area contributed by atoms with Crippen molar-refractivity contribution in [1.82, 2.24) is 4.90 Å². The van der Waals surface area contributed by atoms with Gasteiger partial charge in [-0.05, 0) is 47.2 Å². The van der Waals surface area contributed by atoms with Crippen LogP contribution in [0.3, 0.4) is 0 Å². The minimum Gasteiger partial charge on any atom is -0.496 e. The third-order valence-electron chi connectivity index (χ3n) is 5.70. The van der Waals surface area contributed by atoms with Gasteiger partial charge in [-0.2, -0.15) is 0 Å². The van der Waals surface area contributed by atoms with Crippen LogP contribution in [0.5, 0.6) is 5.75 Å². The summed E-state index contributed by atoms with van der Waals surface area (Å²) in [5.41, 5.74) is 1.92. The molecule has 0 aliphatic carbocycles. The summed E-state index contributed by atoms with van der Waals surface area (Å²) in [6, 6.07) is 18.4. The molecule has 0 aromatic heterocycles. The fourth-order valence-electron chi connectivity index (χ4n) is 4.14. The van der Waals surface area contributed by atoms with Crippen LogP contribution in [0.4, 0.5) is 9.18 Å². The van der Waals surface area contributed by atoms with Crippen molar-refractivity contribution in [2.45, 2.75) is 25.0 Å². The zero-order valence-corrected chi connectivity index (χ0v) is 16.8. The molecule has 0 radical (unpaired) electrons. The number of rotatable bonds is 5. The molecule has 2 unspecified atom stereocenters. The van der Waals surface area contributed by atoms with Crippen molar-refractivity contribution >= 4 is 16.9 Å². The second kappa shape index (κ2) is 8.71. The van der Waals surface area contributed by atoms with Crippen LogP contribution in [-0.2, 0) is 11.3 Å². The molecule has 1 N–H and O–H groups in total. The fraction of sp³-hybridized carbons (Fsp3) is 0.292. The first kappa shape index (κ1) is 20.2. The van der Waals surface area contributed by atoms with Gasteiger partial charge in [-0.3, -0.25) is 0 Å². The Bertz CT molecular complexity index is 1040. The molecule has 6 heteroatoms. The van der Waals surface area contributed by atoms with Gasteiger partial charge in [0.25, 0.3) is 0 Å². The lowest BCUT2D eigenvalue weighted by atomic mass is 9.87. The number of nitrogens with zero attached hydrogens (tertiary/aromatic N) is 1. The lowest BCUT2D eigenvalue weighted by molar-refractivity contribution is -0.0199. The number of benzene rings is 3. The van der Waals surface area contributed by atoms with E-state index in [0.29, 0.717) is 19.6 Å². The van der Waals surface area contributed by atoms with E-state index in [2.05, 4.69) is 6.07 Å². The minimum atomic E-state index is -0.950. The maximum absolute atomic E-state index is 13.4. The summed E-state index contributed by atoms with van der Waals surface area (Å²) in [6.45, 7) is 1.04. The molecule has 4 rings (SSSR count). The summed E-state index contributed by atoms with van der Waals surface area (Å²) in [6.07, 6.45) is -0.643. The Balaban J connectivity index is 1.57. The summed E-state index contributed by atoms with van der Waals surface area (Å²) in [4.78, 5) is 12.9. The van der Waals surface area contributed by atoms with Gasteiger partial charge in [0.2, 0.25) is 0 Å². The Kier molecular flexibility index (Phi) is 5.86. The number of amides is 1. The number of hydrogen-bond acceptors (Lipinski definition) is 3. The van der Waals surface area contributed by atoms with Gasteiger partial charge in [-0.1, -0.05) is 36.4 Å². The number of piperidine rings is 1. The molecule has 156 valence electrons. The molecule has 3 aromatic rings. The largest absolute Gasteiger partial charge is 0.496 e. The number of fused-ring (bicyclic) bond motifs is 1. The van der Waals surface area contributed by atoms with E-state index < -0.39 is 6.09 Å². The van der Waals surface area contributed by atoms with Gasteiger partial charge in [0.05, 0.1) is 26.4 Å². The molecule has 0 saturated carbocycles. The van der Waals surface area contributed by atoms with E-state index in [9.17, 15) is 14.3 Å². The molecule has 1 amide bonds. The lowest BCUT2D eigenvalue weighted by Gasteiger charge is -2.37. The van der Waals surface area contributed by atoms with E-state index in [1.807, 2.05) is 30.3 Å². The number of likely N-dealkylation sites (tertiary alicyclic amines) is 1. The quantitative estimate of drug-likeness (QED) is 0.641. The van der Waals surface area contributed by atoms with Crippen LogP contribution < -0.4 is 4.74 Å². The number of methoxy groups -OCH3 is 1. The third kappa shape index (κ3) is 4.24. The topological polar surface area (TPSA) is 59.0 Å². The van der Waals surface area contributed by atoms with E-state index in [-0.39, 0.29) is 24.4 Å². The molecule has 5 nitrogen and oxygen atoms in total. The van der Waals surface area contributed by atoms with E-state index in [4.69, 9.17) is 9.47 Å². The van der Waals surface area contributed by atoms with Crippen molar-refractivity contribution < 1.29 is 23.8 Å². The van der Waals surface area contributed by atoms with Crippen molar-refractivity contribution in [2.75, 3.05) is 20.2 Å². The normalized spacial score (nSPS) is 19.1. The smallest absolute Gasteiger partial charge is 0.407 e. The first-order valence-electron chi connectivity index (χ1n) is 9.96.